The Bertz CT molecular complexity index is 633. The molecule has 1 aliphatic heterocycles. The number of aromatic nitrogens is 1. The molecule has 20 heavy (non-hydrogen) atoms. The molecule has 1 amide bonds. The zero-order chi connectivity index (χ0) is 13.9. The number of carbonyl (C=O) groups excluding carboxylic acids is 1. The van der Waals surface area contributed by atoms with Crippen LogP contribution in [0.3, 0.4) is 0 Å². The average Bonchev–Trinajstić information content (AvgIpc) is 2.47. The number of pyridine rings is 1. The summed E-state index contributed by atoms with van der Waals surface area (Å²) in [6.45, 7) is 3.82. The van der Waals surface area contributed by atoms with Crippen LogP contribution >= 0.6 is 0 Å². The maximum absolute atomic E-state index is 12.5. The SMILES string of the molecule is Cc1cc(C(=O)N[C@H]2CCCNC2)c2ccccc2n1. The fourth-order valence-corrected chi connectivity index (χ4v) is 2.73. The molecule has 0 bridgehead atoms. The van der Waals surface area contributed by atoms with Gasteiger partial charge in [-0.1, -0.05) is 18.2 Å². The number of nitrogens with one attached hydrogen (secondary N) is 2. The number of aryl methyl sites for hydroxylation is 1. The van der Waals surface area contributed by atoms with Gasteiger partial charge in [-0.15, -0.1) is 0 Å². The van der Waals surface area contributed by atoms with Gasteiger partial charge in [-0.2, -0.15) is 0 Å². The van der Waals surface area contributed by atoms with E-state index < -0.39 is 0 Å². The highest BCUT2D eigenvalue weighted by atomic mass is 16.1. The van der Waals surface area contributed by atoms with Crippen LogP contribution in [0, 0.1) is 6.92 Å². The van der Waals surface area contributed by atoms with Crippen molar-refractivity contribution in [2.45, 2.75) is 25.8 Å². The van der Waals surface area contributed by atoms with Crippen LogP contribution in [0.25, 0.3) is 10.9 Å². The maximum atomic E-state index is 12.5. The van der Waals surface area contributed by atoms with Crippen molar-refractivity contribution < 1.29 is 4.79 Å². The van der Waals surface area contributed by atoms with E-state index in [4.69, 9.17) is 0 Å². The highest BCUT2D eigenvalue weighted by Gasteiger charge is 2.18. The minimum Gasteiger partial charge on any atom is -0.348 e. The van der Waals surface area contributed by atoms with E-state index in [0.29, 0.717) is 0 Å². The van der Waals surface area contributed by atoms with E-state index in [1.807, 2.05) is 37.3 Å². The van der Waals surface area contributed by atoms with Gasteiger partial charge in [0.1, 0.15) is 0 Å². The summed E-state index contributed by atoms with van der Waals surface area (Å²) >= 11 is 0. The predicted octanol–water partition coefficient (Wildman–Crippen LogP) is 2.03. The third kappa shape index (κ3) is 2.65. The zero-order valence-electron chi connectivity index (χ0n) is 11.6. The van der Waals surface area contributed by atoms with Crippen molar-refractivity contribution in [2.75, 3.05) is 13.1 Å². The van der Waals surface area contributed by atoms with Crippen LogP contribution in [0.15, 0.2) is 30.3 Å². The molecule has 0 saturated carbocycles. The van der Waals surface area contributed by atoms with Gasteiger partial charge in [0.15, 0.2) is 0 Å². The van der Waals surface area contributed by atoms with Crippen molar-refractivity contribution >= 4 is 16.8 Å². The van der Waals surface area contributed by atoms with Crippen molar-refractivity contribution in [3.05, 3.63) is 41.6 Å². The first kappa shape index (κ1) is 13.1. The molecule has 4 heteroatoms. The maximum Gasteiger partial charge on any atom is 0.252 e. The number of carbonyl (C=O) groups is 1. The van der Waals surface area contributed by atoms with Crippen LogP contribution in [-0.2, 0) is 0 Å². The Balaban J connectivity index is 1.90. The highest BCUT2D eigenvalue weighted by Crippen LogP contribution is 2.18. The van der Waals surface area contributed by atoms with Gasteiger partial charge in [0.2, 0.25) is 0 Å². The summed E-state index contributed by atoms with van der Waals surface area (Å²) in [4.78, 5) is 17.0. The fraction of sp³-hybridized carbons (Fsp3) is 0.375. The zero-order valence-corrected chi connectivity index (χ0v) is 11.6. The van der Waals surface area contributed by atoms with Gasteiger partial charge >= 0.3 is 0 Å². The van der Waals surface area contributed by atoms with Gasteiger partial charge in [-0.3, -0.25) is 9.78 Å². The molecule has 0 spiro atoms. The molecule has 0 unspecified atom stereocenters. The third-order valence-corrected chi connectivity index (χ3v) is 3.72. The second-order valence-electron chi connectivity index (χ2n) is 5.35. The van der Waals surface area contributed by atoms with E-state index in [-0.39, 0.29) is 11.9 Å². The van der Waals surface area contributed by atoms with Gasteiger partial charge in [-0.25, -0.2) is 0 Å². The Kier molecular flexibility index (Phi) is 3.65. The number of hydrogen-bond acceptors (Lipinski definition) is 3. The molecular formula is C16H19N3O. The molecule has 4 nitrogen and oxygen atoms in total. The number of rotatable bonds is 2. The van der Waals surface area contributed by atoms with Gasteiger partial charge < -0.3 is 10.6 Å². The molecule has 0 radical (unpaired) electrons. The molecular weight excluding hydrogens is 250 g/mol. The Morgan fingerprint density at radius 2 is 2.25 bits per heavy atom. The van der Waals surface area contributed by atoms with Gasteiger partial charge in [-0.05, 0) is 38.4 Å². The number of nitrogens with zero attached hydrogens (tertiary/aromatic N) is 1. The molecule has 1 aromatic heterocycles. The lowest BCUT2D eigenvalue weighted by Crippen LogP contribution is -2.45. The minimum absolute atomic E-state index is 0.000370. The van der Waals surface area contributed by atoms with Crippen LogP contribution in [0.4, 0.5) is 0 Å². The van der Waals surface area contributed by atoms with E-state index in [0.717, 1.165) is 48.1 Å². The molecule has 1 atom stereocenters. The Morgan fingerprint density at radius 1 is 1.40 bits per heavy atom. The Labute approximate surface area is 118 Å². The summed E-state index contributed by atoms with van der Waals surface area (Å²) in [6.07, 6.45) is 2.15. The predicted molar refractivity (Wildman–Crippen MR) is 79.8 cm³/mol. The topological polar surface area (TPSA) is 54.0 Å². The van der Waals surface area contributed by atoms with Crippen molar-refractivity contribution in [1.82, 2.24) is 15.6 Å². The van der Waals surface area contributed by atoms with Crippen LogP contribution in [-0.4, -0.2) is 30.0 Å². The quantitative estimate of drug-likeness (QED) is 0.877. The lowest BCUT2D eigenvalue weighted by molar-refractivity contribution is 0.0932. The minimum atomic E-state index is 0.000370. The summed E-state index contributed by atoms with van der Waals surface area (Å²) in [5.41, 5.74) is 2.47. The monoisotopic (exact) mass is 269 g/mol. The fourth-order valence-electron chi connectivity index (χ4n) is 2.73. The first-order chi connectivity index (χ1) is 9.74. The largest absolute Gasteiger partial charge is 0.348 e. The van der Waals surface area contributed by atoms with Crippen LogP contribution in [0.1, 0.15) is 28.9 Å². The molecule has 1 saturated heterocycles. The number of benzene rings is 1. The molecule has 0 aliphatic carbocycles. The normalized spacial score (nSPS) is 18.9. The summed E-state index contributed by atoms with van der Waals surface area (Å²) in [5.74, 6) is 0.000370. The second-order valence-corrected chi connectivity index (χ2v) is 5.35. The van der Waals surface area contributed by atoms with Gasteiger partial charge in [0.05, 0.1) is 11.1 Å². The van der Waals surface area contributed by atoms with Gasteiger partial charge in [0, 0.05) is 23.7 Å². The van der Waals surface area contributed by atoms with Crippen LogP contribution in [0.5, 0.6) is 0 Å². The summed E-state index contributed by atoms with van der Waals surface area (Å²) in [5, 5.41) is 7.35. The average molecular weight is 269 g/mol. The number of fused-ring (bicyclic) bond motifs is 1. The Hall–Kier alpha value is -1.94. The van der Waals surface area contributed by atoms with E-state index in [2.05, 4.69) is 15.6 Å². The number of para-hydroxylation sites is 1. The lowest BCUT2D eigenvalue weighted by Gasteiger charge is -2.24. The van der Waals surface area contributed by atoms with E-state index in [1.165, 1.54) is 0 Å². The molecule has 2 heterocycles. The molecule has 1 aliphatic rings. The molecule has 3 rings (SSSR count). The second kappa shape index (κ2) is 5.59. The number of amides is 1. The molecule has 1 fully saturated rings. The molecule has 1 aromatic carbocycles. The molecule has 2 N–H and O–H groups in total. The molecule has 104 valence electrons. The van der Waals surface area contributed by atoms with E-state index in [1.54, 1.807) is 0 Å². The third-order valence-electron chi connectivity index (χ3n) is 3.72. The van der Waals surface area contributed by atoms with Crippen molar-refractivity contribution in [3.8, 4) is 0 Å². The van der Waals surface area contributed by atoms with Crippen LogP contribution in [0.2, 0.25) is 0 Å². The van der Waals surface area contributed by atoms with Crippen LogP contribution < -0.4 is 10.6 Å². The molecule has 2 aromatic rings. The number of hydrogen-bond donors (Lipinski definition) is 2. The summed E-state index contributed by atoms with van der Waals surface area (Å²) < 4.78 is 0. The van der Waals surface area contributed by atoms with Crippen molar-refractivity contribution in [3.63, 3.8) is 0 Å². The summed E-state index contributed by atoms with van der Waals surface area (Å²) in [7, 11) is 0. The Morgan fingerprint density at radius 3 is 3.05 bits per heavy atom. The van der Waals surface area contributed by atoms with E-state index >= 15 is 0 Å². The number of piperidine rings is 1. The first-order valence-electron chi connectivity index (χ1n) is 7.12. The smallest absolute Gasteiger partial charge is 0.252 e. The van der Waals surface area contributed by atoms with Crippen molar-refractivity contribution in [2.24, 2.45) is 0 Å². The summed E-state index contributed by atoms with van der Waals surface area (Å²) in [6, 6.07) is 9.88. The highest BCUT2D eigenvalue weighted by molar-refractivity contribution is 6.06. The van der Waals surface area contributed by atoms with E-state index in [9.17, 15) is 4.79 Å². The van der Waals surface area contributed by atoms with Gasteiger partial charge in [0.25, 0.3) is 5.91 Å². The standard InChI is InChI=1S/C16H19N3O/c1-11-9-14(13-6-2-3-7-15(13)18-11)16(20)19-12-5-4-8-17-10-12/h2-3,6-7,9,12,17H,4-5,8,10H2,1H3,(H,19,20)/t12-/m0/s1. The first-order valence-corrected chi connectivity index (χ1v) is 7.12. The van der Waals surface area contributed by atoms with Crippen molar-refractivity contribution in [1.29, 1.82) is 0 Å². The lowest BCUT2D eigenvalue weighted by atomic mass is 10.0.